The minimum absolute atomic E-state index is 0.0841. The second kappa shape index (κ2) is 8.38. The number of benzene rings is 1. The van der Waals surface area contributed by atoms with Crippen molar-refractivity contribution in [2.45, 2.75) is 93.6 Å². The molecule has 6 aliphatic carbocycles. The van der Waals surface area contributed by atoms with Gasteiger partial charge in [-0.05, 0) is 100 Å². The monoisotopic (exact) mass is 456 g/mol. The molecular weight excluding hydrogens is 419 g/mol. The van der Waals surface area contributed by atoms with Gasteiger partial charge in [0.15, 0.2) is 0 Å². The van der Waals surface area contributed by atoms with Crippen LogP contribution in [0.1, 0.15) is 82.6 Å². The van der Waals surface area contributed by atoms with E-state index in [1.807, 2.05) is 12.1 Å². The molecule has 6 fully saturated rings. The zero-order valence-electron chi connectivity index (χ0n) is 19.5. The number of hydrogen-bond donors (Lipinski definition) is 3. The third-order valence-electron chi connectivity index (χ3n) is 9.62. The van der Waals surface area contributed by atoms with Crippen molar-refractivity contribution >= 4 is 5.91 Å². The molecule has 0 aromatic heterocycles. The molecular formula is C27H37FN2O3. The summed E-state index contributed by atoms with van der Waals surface area (Å²) in [5.41, 5.74) is 6.61. The summed E-state index contributed by atoms with van der Waals surface area (Å²) in [4.78, 5) is 13.5. The number of hydrogen-bond acceptors (Lipinski definition) is 4. The van der Waals surface area contributed by atoms with Crippen LogP contribution in [0.3, 0.4) is 0 Å². The second-order valence-electron chi connectivity index (χ2n) is 11.3. The van der Waals surface area contributed by atoms with Crippen molar-refractivity contribution in [3.8, 4) is 5.75 Å². The van der Waals surface area contributed by atoms with Gasteiger partial charge in [0.1, 0.15) is 12.4 Å². The quantitative estimate of drug-likeness (QED) is 0.567. The van der Waals surface area contributed by atoms with Gasteiger partial charge in [-0.3, -0.25) is 4.79 Å². The predicted molar refractivity (Wildman–Crippen MR) is 126 cm³/mol. The summed E-state index contributed by atoms with van der Waals surface area (Å²) in [6.45, 7) is 0.312. The molecule has 0 unspecified atom stereocenters. The second-order valence-corrected chi connectivity index (χ2v) is 11.3. The Hall–Kier alpha value is -1.92. The van der Waals surface area contributed by atoms with Crippen molar-refractivity contribution in [2.24, 2.45) is 11.1 Å². The fraction of sp³-hybridized carbons (Fsp3) is 0.667. The Bertz CT molecular complexity index is 877. The molecule has 6 saturated carbocycles. The van der Waals surface area contributed by atoms with Crippen LogP contribution < -0.4 is 15.8 Å². The molecule has 0 heterocycles. The lowest BCUT2D eigenvalue weighted by Gasteiger charge is -2.55. The topological polar surface area (TPSA) is 84.6 Å². The molecule has 180 valence electrons. The third kappa shape index (κ3) is 4.10. The van der Waals surface area contributed by atoms with Crippen molar-refractivity contribution in [3.63, 3.8) is 0 Å². The Morgan fingerprint density at radius 3 is 2.06 bits per heavy atom. The zero-order chi connectivity index (χ0) is 23.2. The highest BCUT2D eigenvalue weighted by atomic mass is 19.1. The standard InChI is InChI=1S/C27H37FN2O3/c28-17-20(18-29)19-33-22-3-1-21(2-4-22)24-5-8-25(9-6-24,10-7-24)23(31)30-26-11-14-27(32,15-12-26)16-13-26/h1-4,17,32H,5-16,18-19,29H2,(H,30,31)/b20-17+. The van der Waals surface area contributed by atoms with Crippen molar-refractivity contribution < 1.29 is 19.0 Å². The molecule has 7 rings (SSSR count). The van der Waals surface area contributed by atoms with E-state index in [0.717, 1.165) is 82.8 Å². The van der Waals surface area contributed by atoms with Crippen LogP contribution in [0.5, 0.6) is 5.75 Å². The normalized spacial score (nSPS) is 37.7. The van der Waals surface area contributed by atoms with Crippen LogP contribution in [-0.4, -0.2) is 35.3 Å². The van der Waals surface area contributed by atoms with Crippen LogP contribution in [0.25, 0.3) is 0 Å². The van der Waals surface area contributed by atoms with Crippen LogP contribution in [0.15, 0.2) is 36.2 Å². The number of carbonyl (C=O) groups excluding carboxylic acids is 1. The van der Waals surface area contributed by atoms with E-state index in [1.54, 1.807) is 0 Å². The summed E-state index contributed by atoms with van der Waals surface area (Å²) in [6, 6.07) is 8.20. The number of nitrogens with one attached hydrogen (secondary N) is 1. The van der Waals surface area contributed by atoms with Crippen LogP contribution in [0, 0.1) is 5.41 Å². The summed E-state index contributed by atoms with van der Waals surface area (Å²) >= 11 is 0. The third-order valence-corrected chi connectivity index (χ3v) is 9.62. The fourth-order valence-electron chi connectivity index (χ4n) is 6.90. The van der Waals surface area contributed by atoms with Gasteiger partial charge in [0.25, 0.3) is 0 Å². The van der Waals surface area contributed by atoms with Gasteiger partial charge < -0.3 is 20.9 Å². The van der Waals surface area contributed by atoms with Gasteiger partial charge in [0.05, 0.1) is 11.9 Å². The molecule has 6 aliphatic rings. The van der Waals surface area contributed by atoms with E-state index in [2.05, 4.69) is 17.4 Å². The molecule has 1 amide bonds. The van der Waals surface area contributed by atoms with Gasteiger partial charge in [-0.1, -0.05) is 12.1 Å². The van der Waals surface area contributed by atoms with E-state index in [4.69, 9.17) is 10.5 Å². The highest BCUT2D eigenvalue weighted by Crippen LogP contribution is 2.58. The van der Waals surface area contributed by atoms with Crippen LogP contribution in [-0.2, 0) is 10.2 Å². The Kier molecular flexibility index (Phi) is 5.81. The summed E-state index contributed by atoms with van der Waals surface area (Å²) < 4.78 is 18.3. The SMILES string of the molecule is NC/C(=C\F)COc1ccc(C23CCC(C(=O)NC45CCC(O)(CC4)CC5)(CC2)CC3)cc1. The van der Waals surface area contributed by atoms with Crippen molar-refractivity contribution in [1.82, 2.24) is 5.32 Å². The van der Waals surface area contributed by atoms with Gasteiger partial charge in [-0.25, -0.2) is 4.39 Å². The number of fused-ring (bicyclic) bond motifs is 6. The van der Waals surface area contributed by atoms with Crippen LogP contribution in [0.2, 0.25) is 0 Å². The average Bonchev–Trinajstić information content (AvgIpc) is 2.87. The molecule has 33 heavy (non-hydrogen) atoms. The lowest BCUT2D eigenvalue weighted by molar-refractivity contribution is -0.144. The van der Waals surface area contributed by atoms with E-state index in [9.17, 15) is 14.3 Å². The molecule has 0 atom stereocenters. The van der Waals surface area contributed by atoms with Crippen LogP contribution in [0.4, 0.5) is 4.39 Å². The molecule has 0 spiro atoms. The Morgan fingerprint density at radius 2 is 1.55 bits per heavy atom. The summed E-state index contributed by atoms with van der Waals surface area (Å²) in [5.74, 6) is 0.984. The lowest BCUT2D eigenvalue weighted by atomic mass is 9.51. The Labute approximate surface area is 196 Å². The molecule has 1 aromatic carbocycles. The number of rotatable bonds is 7. The molecule has 5 nitrogen and oxygen atoms in total. The minimum atomic E-state index is -0.475. The molecule has 0 aliphatic heterocycles. The number of halogens is 1. The highest BCUT2D eigenvalue weighted by molar-refractivity contribution is 5.84. The Morgan fingerprint density at radius 1 is 0.970 bits per heavy atom. The first-order valence-corrected chi connectivity index (χ1v) is 12.6. The first kappa shape index (κ1) is 22.9. The predicted octanol–water partition coefficient (Wildman–Crippen LogP) is 4.42. The molecule has 4 bridgehead atoms. The van der Waals surface area contributed by atoms with Crippen molar-refractivity contribution in [2.75, 3.05) is 13.2 Å². The van der Waals surface area contributed by atoms with E-state index >= 15 is 0 Å². The van der Waals surface area contributed by atoms with E-state index in [1.165, 1.54) is 5.56 Å². The maximum absolute atomic E-state index is 13.5. The largest absolute Gasteiger partial charge is 0.489 e. The molecule has 0 saturated heterocycles. The smallest absolute Gasteiger partial charge is 0.226 e. The van der Waals surface area contributed by atoms with Crippen LogP contribution >= 0.6 is 0 Å². The van der Waals surface area contributed by atoms with Gasteiger partial charge in [0, 0.05) is 23.1 Å². The van der Waals surface area contributed by atoms with Gasteiger partial charge >= 0.3 is 0 Å². The first-order chi connectivity index (χ1) is 15.8. The molecule has 1 aromatic rings. The van der Waals surface area contributed by atoms with Gasteiger partial charge in [-0.2, -0.15) is 0 Å². The van der Waals surface area contributed by atoms with Crippen molar-refractivity contribution in [3.05, 3.63) is 41.7 Å². The Balaban J connectivity index is 1.21. The minimum Gasteiger partial charge on any atom is -0.489 e. The highest BCUT2D eigenvalue weighted by Gasteiger charge is 2.55. The van der Waals surface area contributed by atoms with E-state index in [0.29, 0.717) is 11.9 Å². The van der Waals surface area contributed by atoms with Gasteiger partial charge in [-0.15, -0.1) is 0 Å². The maximum Gasteiger partial charge on any atom is 0.226 e. The maximum atomic E-state index is 13.5. The number of carbonyl (C=O) groups is 1. The first-order valence-electron chi connectivity index (χ1n) is 12.6. The zero-order valence-corrected chi connectivity index (χ0v) is 19.5. The van der Waals surface area contributed by atoms with Crippen molar-refractivity contribution in [1.29, 1.82) is 0 Å². The molecule has 6 heteroatoms. The fourth-order valence-corrected chi connectivity index (χ4v) is 6.90. The number of aliphatic hydroxyl groups is 1. The number of nitrogens with two attached hydrogens (primary N) is 1. The van der Waals surface area contributed by atoms with E-state index in [-0.39, 0.29) is 35.4 Å². The molecule has 0 radical (unpaired) electrons. The summed E-state index contributed by atoms with van der Waals surface area (Å²) in [6.07, 6.45) is 11.7. The molecule has 4 N–H and O–H groups in total. The van der Waals surface area contributed by atoms with E-state index < -0.39 is 5.60 Å². The number of ether oxygens (including phenoxy) is 1. The summed E-state index contributed by atoms with van der Waals surface area (Å²) in [7, 11) is 0. The lowest BCUT2D eigenvalue weighted by Crippen LogP contribution is -2.62. The van der Waals surface area contributed by atoms with Gasteiger partial charge in [0.2, 0.25) is 5.91 Å². The number of amides is 1. The summed E-state index contributed by atoms with van der Waals surface area (Å²) in [5, 5.41) is 14.0. The average molecular weight is 457 g/mol.